The smallest absolute Gasteiger partial charge is 0.232 e. The molecule has 0 saturated heterocycles. The van der Waals surface area contributed by atoms with E-state index in [1.807, 2.05) is 12.3 Å². The maximum atomic E-state index is 4.73. The fourth-order valence-corrected chi connectivity index (χ4v) is 2.84. The second-order valence-corrected chi connectivity index (χ2v) is 5.90. The molecule has 0 aliphatic carbocycles. The minimum Gasteiger partial charge on any atom is -0.232 e. The van der Waals surface area contributed by atoms with Crippen LogP contribution >= 0.6 is 0 Å². The van der Waals surface area contributed by atoms with Crippen LogP contribution in [0, 0.1) is 20.8 Å². The van der Waals surface area contributed by atoms with Crippen molar-refractivity contribution in [3.8, 4) is 22.5 Å². The second kappa shape index (κ2) is 5.72. The predicted molar refractivity (Wildman–Crippen MR) is 90.5 cm³/mol. The molecule has 0 bridgehead atoms. The van der Waals surface area contributed by atoms with Gasteiger partial charge in [0.2, 0.25) is 0 Å². The van der Waals surface area contributed by atoms with Crippen molar-refractivity contribution in [1.82, 2.24) is 4.98 Å². The molecule has 0 aliphatic heterocycles. The van der Waals surface area contributed by atoms with Gasteiger partial charge in [-0.05, 0) is 54.1 Å². The quantitative estimate of drug-likeness (QED) is 0.647. The van der Waals surface area contributed by atoms with Crippen LogP contribution in [0.15, 0.2) is 54.9 Å². The molecule has 0 aliphatic rings. The van der Waals surface area contributed by atoms with E-state index in [1.54, 1.807) is 0 Å². The van der Waals surface area contributed by atoms with E-state index in [-0.39, 0.29) is 0 Å². The van der Waals surface area contributed by atoms with E-state index in [0.29, 0.717) is 0 Å². The summed E-state index contributed by atoms with van der Waals surface area (Å²) in [6.45, 7) is 6.45. The third kappa shape index (κ3) is 2.64. The van der Waals surface area contributed by atoms with Gasteiger partial charge in [0.05, 0.1) is 18.2 Å². The van der Waals surface area contributed by atoms with Crippen LogP contribution < -0.4 is 4.57 Å². The number of benzene rings is 2. The largest absolute Gasteiger partial charge is 0.330 e. The predicted octanol–water partition coefficient (Wildman–Crippen LogP) is 4.17. The van der Waals surface area contributed by atoms with Crippen LogP contribution in [0.3, 0.4) is 0 Å². The molecule has 0 saturated carbocycles. The molecular formula is C20H21N2+. The number of hydrogen-bond donors (Lipinski definition) is 0. The highest BCUT2D eigenvalue weighted by molar-refractivity contribution is 5.64. The van der Waals surface area contributed by atoms with Gasteiger partial charge in [0.15, 0.2) is 6.20 Å². The molecule has 22 heavy (non-hydrogen) atoms. The molecule has 0 radical (unpaired) electrons. The highest BCUT2D eigenvalue weighted by atomic mass is 15.0. The van der Waals surface area contributed by atoms with Crippen LogP contribution in [-0.4, -0.2) is 4.98 Å². The van der Waals surface area contributed by atoms with E-state index in [1.165, 1.54) is 27.8 Å². The fraction of sp³-hybridized carbons (Fsp3) is 0.200. The monoisotopic (exact) mass is 289 g/mol. The Bertz CT molecular complexity index is 821. The minimum absolute atomic E-state index is 1.00. The van der Waals surface area contributed by atoms with Gasteiger partial charge < -0.3 is 0 Å². The van der Waals surface area contributed by atoms with Gasteiger partial charge in [-0.15, -0.1) is 0 Å². The van der Waals surface area contributed by atoms with Crippen molar-refractivity contribution in [2.75, 3.05) is 0 Å². The number of aryl methyl sites for hydroxylation is 3. The number of aromatic nitrogens is 2. The zero-order valence-electron chi connectivity index (χ0n) is 13.6. The zero-order valence-corrected chi connectivity index (χ0v) is 13.6. The number of hydrogen-bond acceptors (Lipinski definition) is 1. The lowest BCUT2D eigenvalue weighted by Gasteiger charge is -2.08. The molecule has 0 fully saturated rings. The van der Waals surface area contributed by atoms with Crippen molar-refractivity contribution in [1.29, 1.82) is 0 Å². The Morgan fingerprint density at radius 2 is 1.64 bits per heavy atom. The molecule has 3 aromatic rings. The van der Waals surface area contributed by atoms with Crippen molar-refractivity contribution in [3.63, 3.8) is 0 Å². The summed E-state index contributed by atoms with van der Waals surface area (Å²) in [6, 6.07) is 14.8. The third-order valence-electron chi connectivity index (χ3n) is 4.15. The summed E-state index contributed by atoms with van der Waals surface area (Å²) in [6.07, 6.45) is 4.11. The normalized spacial score (nSPS) is 10.7. The van der Waals surface area contributed by atoms with Crippen molar-refractivity contribution in [2.45, 2.75) is 20.8 Å². The van der Waals surface area contributed by atoms with Crippen LogP contribution in [0.1, 0.15) is 16.7 Å². The first-order valence-electron chi connectivity index (χ1n) is 7.55. The van der Waals surface area contributed by atoms with Crippen molar-refractivity contribution < 1.29 is 4.57 Å². The van der Waals surface area contributed by atoms with Crippen LogP contribution in [-0.2, 0) is 7.05 Å². The molecule has 0 unspecified atom stereocenters. The third-order valence-corrected chi connectivity index (χ3v) is 4.15. The van der Waals surface area contributed by atoms with Gasteiger partial charge in [-0.2, -0.15) is 0 Å². The summed E-state index contributed by atoms with van der Waals surface area (Å²) in [7, 11) is 2.06. The summed E-state index contributed by atoms with van der Waals surface area (Å²) < 4.78 is 2.11. The summed E-state index contributed by atoms with van der Waals surface area (Å²) in [5.41, 5.74) is 7.40. The Kier molecular flexibility index (Phi) is 3.76. The molecule has 3 rings (SSSR count). The topological polar surface area (TPSA) is 16.8 Å². The molecule has 2 aromatic carbocycles. The van der Waals surface area contributed by atoms with Crippen molar-refractivity contribution in [3.05, 3.63) is 71.5 Å². The van der Waals surface area contributed by atoms with E-state index >= 15 is 0 Å². The van der Waals surface area contributed by atoms with Crippen LogP contribution in [0.2, 0.25) is 0 Å². The summed E-state index contributed by atoms with van der Waals surface area (Å²) >= 11 is 0. The lowest BCUT2D eigenvalue weighted by molar-refractivity contribution is -0.662. The first kappa shape index (κ1) is 14.5. The van der Waals surface area contributed by atoms with Crippen LogP contribution in [0.4, 0.5) is 0 Å². The minimum atomic E-state index is 1.00. The molecular weight excluding hydrogens is 268 g/mol. The van der Waals surface area contributed by atoms with Gasteiger partial charge in [-0.1, -0.05) is 36.4 Å². The molecule has 1 heterocycles. The van der Waals surface area contributed by atoms with Gasteiger partial charge in [-0.25, -0.2) is 4.57 Å². The van der Waals surface area contributed by atoms with E-state index in [2.05, 4.69) is 75.0 Å². The van der Waals surface area contributed by atoms with E-state index in [4.69, 9.17) is 4.98 Å². The molecule has 2 nitrogen and oxygen atoms in total. The summed E-state index contributed by atoms with van der Waals surface area (Å²) in [5.74, 6) is 1.00. The highest BCUT2D eigenvalue weighted by Gasteiger charge is 2.17. The number of nitrogens with zero attached hydrogens (tertiary/aromatic N) is 2. The SMILES string of the molecule is Cc1cc(C)c(C)c(-c2ncc(-c3ccccc3)c[n+]2C)c1. The fourth-order valence-electron chi connectivity index (χ4n) is 2.84. The van der Waals surface area contributed by atoms with E-state index in [0.717, 1.165) is 11.4 Å². The lowest BCUT2D eigenvalue weighted by Crippen LogP contribution is -2.32. The van der Waals surface area contributed by atoms with Crippen molar-refractivity contribution in [2.24, 2.45) is 7.05 Å². The Morgan fingerprint density at radius 1 is 0.909 bits per heavy atom. The maximum absolute atomic E-state index is 4.73. The molecule has 0 N–H and O–H groups in total. The molecule has 0 amide bonds. The Hall–Kier alpha value is -2.48. The van der Waals surface area contributed by atoms with Crippen LogP contribution in [0.5, 0.6) is 0 Å². The van der Waals surface area contributed by atoms with Crippen molar-refractivity contribution >= 4 is 0 Å². The first-order chi connectivity index (χ1) is 10.6. The lowest BCUT2D eigenvalue weighted by atomic mass is 9.99. The molecule has 0 spiro atoms. The standard InChI is InChI=1S/C20H21N2/c1-14-10-15(2)16(3)19(11-14)20-21-12-18(13-22(20)4)17-8-6-5-7-9-17/h5-13H,1-4H3/q+1. The zero-order chi connectivity index (χ0) is 15.7. The Balaban J connectivity index is 2.11. The average Bonchev–Trinajstić information content (AvgIpc) is 2.52. The van der Waals surface area contributed by atoms with Crippen LogP contribution in [0.25, 0.3) is 22.5 Å². The van der Waals surface area contributed by atoms with Gasteiger partial charge in [0, 0.05) is 0 Å². The average molecular weight is 289 g/mol. The van der Waals surface area contributed by atoms with Gasteiger partial charge in [0.25, 0.3) is 0 Å². The molecule has 2 heteroatoms. The Labute approximate surface area is 132 Å². The van der Waals surface area contributed by atoms with E-state index < -0.39 is 0 Å². The highest BCUT2D eigenvalue weighted by Crippen LogP contribution is 2.24. The van der Waals surface area contributed by atoms with Gasteiger partial charge in [0.1, 0.15) is 6.20 Å². The second-order valence-electron chi connectivity index (χ2n) is 5.90. The Morgan fingerprint density at radius 3 is 2.32 bits per heavy atom. The van der Waals surface area contributed by atoms with Gasteiger partial charge >= 0.3 is 5.82 Å². The summed E-state index contributed by atoms with van der Waals surface area (Å²) in [4.78, 5) is 4.73. The van der Waals surface area contributed by atoms with E-state index in [9.17, 15) is 0 Å². The summed E-state index contributed by atoms with van der Waals surface area (Å²) in [5, 5.41) is 0. The molecule has 110 valence electrons. The maximum Gasteiger partial charge on any atom is 0.330 e. The number of rotatable bonds is 2. The van der Waals surface area contributed by atoms with Gasteiger partial charge in [-0.3, -0.25) is 0 Å². The first-order valence-corrected chi connectivity index (χ1v) is 7.55. The molecule has 1 aromatic heterocycles. The molecule has 0 atom stereocenters.